The highest BCUT2D eigenvalue weighted by Gasteiger charge is 2.53. The number of halogens is 1. The highest BCUT2D eigenvalue weighted by molar-refractivity contribution is 6.24. The van der Waals surface area contributed by atoms with Crippen molar-refractivity contribution in [3.05, 3.63) is 101 Å². The van der Waals surface area contributed by atoms with Crippen LogP contribution in [0.4, 0.5) is 14.9 Å². The lowest BCUT2D eigenvalue weighted by molar-refractivity contribution is -0.120. The lowest BCUT2D eigenvalue weighted by Crippen LogP contribution is -2.62. The Morgan fingerprint density at radius 1 is 0.909 bits per heavy atom. The van der Waals surface area contributed by atoms with E-state index in [0.717, 1.165) is 39.9 Å². The Bertz CT molecular complexity index is 1790. The second kappa shape index (κ2) is 10.0. The van der Waals surface area contributed by atoms with Crippen LogP contribution in [0.25, 0.3) is 10.9 Å². The van der Waals surface area contributed by atoms with Crippen molar-refractivity contribution >= 4 is 34.4 Å². The number of amides is 4. The third-order valence-electron chi connectivity index (χ3n) is 9.15. The van der Waals surface area contributed by atoms with Gasteiger partial charge in [0.05, 0.1) is 11.3 Å². The predicted octanol–water partition coefficient (Wildman–Crippen LogP) is 5.83. The quantitative estimate of drug-likeness (QED) is 0.260. The van der Waals surface area contributed by atoms with Crippen LogP contribution in [0.2, 0.25) is 0 Å². The number of hydrogen-bond donors (Lipinski definition) is 3. The average molecular weight is 594 g/mol. The van der Waals surface area contributed by atoms with Gasteiger partial charge in [0.25, 0.3) is 11.8 Å². The summed E-state index contributed by atoms with van der Waals surface area (Å²) in [6, 6.07) is 18.7. The standard InChI is InChI=1S/C35H36FN5O3/c1-34(2)18-22(19-35(3,4)39-34)37-31(42)24-10-6-8-12-27(24)41-32(43)28-17-25-23-9-5-7-11-26(23)38-29(25)30(40(28)33(41)44)20-13-15-21(36)16-14-20/h5-16,22,28,30,38-39H,17-19H2,1-4H3,(H,37,42)/t28-,30-/m0/s1. The number of H-pyrrole nitrogens is 1. The van der Waals surface area contributed by atoms with Gasteiger partial charge in [-0.2, -0.15) is 0 Å². The molecule has 0 radical (unpaired) electrons. The number of anilines is 1. The molecule has 44 heavy (non-hydrogen) atoms. The number of fused-ring (bicyclic) bond motifs is 4. The number of carbonyl (C=O) groups excluding carboxylic acids is 3. The number of hydrogen-bond acceptors (Lipinski definition) is 4. The topological polar surface area (TPSA) is 97.5 Å². The summed E-state index contributed by atoms with van der Waals surface area (Å²) in [5.41, 5.74) is 3.55. The van der Waals surface area contributed by atoms with Gasteiger partial charge in [0.1, 0.15) is 17.9 Å². The third kappa shape index (κ3) is 4.66. The largest absolute Gasteiger partial charge is 0.356 e. The van der Waals surface area contributed by atoms with Gasteiger partial charge in [-0.3, -0.25) is 14.5 Å². The van der Waals surface area contributed by atoms with Gasteiger partial charge in [-0.05, 0) is 82.0 Å². The molecule has 3 aliphatic heterocycles. The molecule has 0 saturated carbocycles. The van der Waals surface area contributed by atoms with E-state index < -0.39 is 18.1 Å². The normalized spacial score (nSPS) is 22.7. The predicted molar refractivity (Wildman–Crippen MR) is 167 cm³/mol. The second-order valence-electron chi connectivity index (χ2n) is 13.6. The number of aromatic nitrogens is 1. The van der Waals surface area contributed by atoms with Crippen molar-refractivity contribution in [2.45, 2.75) is 76.2 Å². The first-order valence-corrected chi connectivity index (χ1v) is 15.1. The summed E-state index contributed by atoms with van der Waals surface area (Å²) in [6.07, 6.45) is 1.81. The van der Waals surface area contributed by atoms with Crippen molar-refractivity contribution in [2.75, 3.05) is 4.90 Å². The fourth-order valence-electron chi connectivity index (χ4n) is 7.84. The summed E-state index contributed by atoms with van der Waals surface area (Å²) in [5.74, 6) is -1.10. The Balaban J connectivity index is 1.27. The van der Waals surface area contributed by atoms with E-state index in [1.54, 1.807) is 41.3 Å². The minimum atomic E-state index is -0.786. The van der Waals surface area contributed by atoms with Crippen LogP contribution < -0.4 is 15.5 Å². The number of para-hydroxylation sites is 2. The smallest absolute Gasteiger partial charge is 0.332 e. The molecular weight excluding hydrogens is 557 g/mol. The van der Waals surface area contributed by atoms with E-state index in [4.69, 9.17) is 0 Å². The summed E-state index contributed by atoms with van der Waals surface area (Å²) in [7, 11) is 0. The van der Waals surface area contributed by atoms with Crippen molar-refractivity contribution in [3.8, 4) is 0 Å². The Hall–Kier alpha value is -4.50. The zero-order valence-corrected chi connectivity index (χ0v) is 25.3. The Labute approximate surface area is 255 Å². The summed E-state index contributed by atoms with van der Waals surface area (Å²) < 4.78 is 14.0. The molecule has 3 aliphatic rings. The molecule has 3 N–H and O–H groups in total. The molecule has 0 aliphatic carbocycles. The van der Waals surface area contributed by atoms with Crippen LogP contribution in [0.1, 0.15) is 73.8 Å². The van der Waals surface area contributed by atoms with Crippen LogP contribution in [0.15, 0.2) is 72.8 Å². The lowest BCUT2D eigenvalue weighted by Gasteiger charge is -2.46. The highest BCUT2D eigenvalue weighted by Crippen LogP contribution is 2.45. The molecule has 2 fully saturated rings. The van der Waals surface area contributed by atoms with Crippen molar-refractivity contribution < 1.29 is 18.8 Å². The van der Waals surface area contributed by atoms with E-state index in [9.17, 15) is 18.8 Å². The fourth-order valence-corrected chi connectivity index (χ4v) is 7.84. The van der Waals surface area contributed by atoms with Gasteiger partial charge in [-0.15, -0.1) is 0 Å². The van der Waals surface area contributed by atoms with Gasteiger partial charge < -0.3 is 15.6 Å². The Morgan fingerprint density at radius 2 is 1.57 bits per heavy atom. The molecule has 2 saturated heterocycles. The number of carbonyl (C=O) groups is 3. The number of aromatic amines is 1. The summed E-state index contributed by atoms with van der Waals surface area (Å²) in [5, 5.41) is 7.81. The van der Waals surface area contributed by atoms with Gasteiger partial charge in [0.2, 0.25) is 0 Å². The minimum Gasteiger partial charge on any atom is -0.356 e. The lowest BCUT2D eigenvalue weighted by atomic mass is 9.79. The monoisotopic (exact) mass is 593 g/mol. The van der Waals surface area contributed by atoms with E-state index in [2.05, 4.69) is 43.3 Å². The van der Waals surface area contributed by atoms with E-state index in [1.165, 1.54) is 12.1 Å². The fraction of sp³-hybridized carbons (Fsp3) is 0.343. The molecule has 3 aromatic carbocycles. The van der Waals surface area contributed by atoms with Crippen LogP contribution >= 0.6 is 0 Å². The Kier molecular flexibility index (Phi) is 6.44. The third-order valence-corrected chi connectivity index (χ3v) is 9.15. The number of nitrogens with zero attached hydrogens (tertiary/aromatic N) is 2. The van der Waals surface area contributed by atoms with Gasteiger partial charge in [0, 0.05) is 40.1 Å². The number of imide groups is 1. The maximum absolute atomic E-state index is 14.4. The number of benzene rings is 3. The molecule has 4 aromatic rings. The maximum Gasteiger partial charge on any atom is 0.332 e. The van der Waals surface area contributed by atoms with E-state index in [0.29, 0.717) is 12.0 Å². The first-order chi connectivity index (χ1) is 20.9. The molecule has 4 amide bonds. The van der Waals surface area contributed by atoms with Crippen LogP contribution in [0, 0.1) is 5.82 Å². The zero-order chi connectivity index (χ0) is 31.0. The molecule has 9 heteroatoms. The average Bonchev–Trinajstić information content (AvgIpc) is 3.45. The van der Waals surface area contributed by atoms with Crippen LogP contribution in [0.5, 0.6) is 0 Å². The van der Waals surface area contributed by atoms with Gasteiger partial charge >= 0.3 is 6.03 Å². The first-order valence-electron chi connectivity index (χ1n) is 15.1. The summed E-state index contributed by atoms with van der Waals surface area (Å²) in [4.78, 5) is 48.6. The first kappa shape index (κ1) is 28.3. The van der Waals surface area contributed by atoms with Crippen molar-refractivity contribution in [1.82, 2.24) is 20.5 Å². The maximum atomic E-state index is 14.4. The van der Waals surface area contributed by atoms with Crippen molar-refractivity contribution in [2.24, 2.45) is 0 Å². The number of rotatable bonds is 4. The van der Waals surface area contributed by atoms with Gasteiger partial charge in [-0.25, -0.2) is 14.1 Å². The second-order valence-corrected chi connectivity index (χ2v) is 13.6. The SMILES string of the molecule is CC1(C)CC(NC(=O)c2ccccc2N2C(=O)[C@@H]3Cc4c([nH]c5ccccc45)[C@H](c4ccc(F)cc4)N3C2=O)CC(C)(C)N1. The van der Waals surface area contributed by atoms with Crippen LogP contribution in [-0.4, -0.2) is 50.9 Å². The van der Waals surface area contributed by atoms with E-state index in [1.807, 2.05) is 24.3 Å². The number of piperidine rings is 1. The van der Waals surface area contributed by atoms with E-state index in [-0.39, 0.29) is 46.0 Å². The summed E-state index contributed by atoms with van der Waals surface area (Å²) >= 11 is 0. The molecular formula is C35H36FN5O3. The van der Waals surface area contributed by atoms with Crippen molar-refractivity contribution in [3.63, 3.8) is 0 Å². The molecule has 0 spiro atoms. The van der Waals surface area contributed by atoms with Crippen LogP contribution in [-0.2, 0) is 11.2 Å². The molecule has 0 bridgehead atoms. The summed E-state index contributed by atoms with van der Waals surface area (Å²) in [6.45, 7) is 8.48. The minimum absolute atomic E-state index is 0.0840. The van der Waals surface area contributed by atoms with Gasteiger partial charge in [-0.1, -0.05) is 42.5 Å². The van der Waals surface area contributed by atoms with Crippen molar-refractivity contribution in [1.29, 1.82) is 0 Å². The molecule has 8 nitrogen and oxygen atoms in total. The zero-order valence-electron chi connectivity index (χ0n) is 25.3. The Morgan fingerprint density at radius 3 is 2.30 bits per heavy atom. The molecule has 226 valence electrons. The molecule has 0 unspecified atom stereocenters. The molecule has 7 rings (SSSR count). The molecule has 4 heterocycles. The number of urea groups is 1. The van der Waals surface area contributed by atoms with E-state index >= 15 is 0 Å². The number of nitrogens with one attached hydrogen (secondary N) is 3. The molecule has 2 atom stereocenters. The highest BCUT2D eigenvalue weighted by atomic mass is 19.1. The van der Waals surface area contributed by atoms with Gasteiger partial charge in [0.15, 0.2) is 0 Å². The van der Waals surface area contributed by atoms with Crippen LogP contribution in [0.3, 0.4) is 0 Å². The molecule has 1 aromatic heterocycles.